The largest absolute Gasteiger partial charge is 0.493 e. The van der Waals surface area contributed by atoms with Gasteiger partial charge in [0.25, 0.3) is 0 Å². The highest BCUT2D eigenvalue weighted by Crippen LogP contribution is 2.39. The lowest BCUT2D eigenvalue weighted by molar-refractivity contribution is -0.146. The molecule has 0 aliphatic carbocycles. The molecule has 17 heavy (non-hydrogen) atoms. The topological polar surface area (TPSA) is 85.2 Å². The Morgan fingerprint density at radius 1 is 1.12 bits per heavy atom. The van der Waals surface area contributed by atoms with Gasteiger partial charge in [-0.3, -0.25) is 0 Å². The number of carboxylic acids is 1. The molecule has 0 bridgehead atoms. The van der Waals surface area contributed by atoms with Crippen LogP contribution in [0.25, 0.3) is 0 Å². The molecule has 0 saturated carbocycles. The van der Waals surface area contributed by atoms with Gasteiger partial charge in [-0.15, -0.1) is 0 Å². The molecule has 1 atom stereocenters. The van der Waals surface area contributed by atoms with Crippen LogP contribution >= 0.6 is 0 Å². The van der Waals surface area contributed by atoms with Crippen molar-refractivity contribution in [3.8, 4) is 17.2 Å². The second kappa shape index (κ2) is 5.40. The maximum atomic E-state index is 10.7. The fourth-order valence-corrected chi connectivity index (χ4v) is 1.40. The van der Waals surface area contributed by atoms with Gasteiger partial charge >= 0.3 is 5.97 Å². The normalized spacial score (nSPS) is 11.8. The Balaban J connectivity index is 3.31. The monoisotopic (exact) mass is 242 g/mol. The van der Waals surface area contributed by atoms with Crippen molar-refractivity contribution in [1.29, 1.82) is 0 Å². The third kappa shape index (κ3) is 2.59. The predicted molar refractivity (Wildman–Crippen MR) is 58.7 cm³/mol. The van der Waals surface area contributed by atoms with Gasteiger partial charge in [-0.2, -0.15) is 0 Å². The van der Waals surface area contributed by atoms with Crippen molar-refractivity contribution in [3.05, 3.63) is 17.7 Å². The third-order valence-electron chi connectivity index (χ3n) is 2.24. The van der Waals surface area contributed by atoms with Crippen LogP contribution in [0.3, 0.4) is 0 Å². The van der Waals surface area contributed by atoms with E-state index in [0.29, 0.717) is 17.2 Å². The zero-order chi connectivity index (χ0) is 13.0. The van der Waals surface area contributed by atoms with Crippen LogP contribution in [0.2, 0.25) is 0 Å². The lowest BCUT2D eigenvalue weighted by Gasteiger charge is -2.15. The minimum atomic E-state index is -1.64. The highest BCUT2D eigenvalue weighted by molar-refractivity contribution is 5.75. The van der Waals surface area contributed by atoms with E-state index in [0.717, 1.165) is 0 Å². The minimum absolute atomic E-state index is 0.159. The number of benzene rings is 1. The molecule has 0 unspecified atom stereocenters. The summed E-state index contributed by atoms with van der Waals surface area (Å²) in [5, 5.41) is 18.2. The molecule has 94 valence electrons. The zero-order valence-corrected chi connectivity index (χ0v) is 9.76. The van der Waals surface area contributed by atoms with Gasteiger partial charge in [0, 0.05) is 0 Å². The Kier molecular flexibility index (Phi) is 4.17. The summed E-state index contributed by atoms with van der Waals surface area (Å²) in [6, 6.07) is 2.78. The van der Waals surface area contributed by atoms with Crippen molar-refractivity contribution in [2.45, 2.75) is 6.10 Å². The molecular formula is C11H14O6. The molecular weight excluding hydrogens is 228 g/mol. The van der Waals surface area contributed by atoms with E-state index in [4.69, 9.17) is 19.3 Å². The van der Waals surface area contributed by atoms with Crippen LogP contribution in [0.15, 0.2) is 12.1 Å². The molecule has 0 radical (unpaired) electrons. The van der Waals surface area contributed by atoms with E-state index >= 15 is 0 Å². The van der Waals surface area contributed by atoms with E-state index in [1.807, 2.05) is 0 Å². The Morgan fingerprint density at radius 3 is 1.88 bits per heavy atom. The van der Waals surface area contributed by atoms with Crippen LogP contribution < -0.4 is 14.2 Å². The van der Waals surface area contributed by atoms with Crippen molar-refractivity contribution in [3.63, 3.8) is 0 Å². The number of hydrogen-bond acceptors (Lipinski definition) is 5. The fraction of sp³-hybridized carbons (Fsp3) is 0.364. The molecule has 0 heterocycles. The molecule has 0 spiro atoms. The molecule has 1 rings (SSSR count). The fourth-order valence-electron chi connectivity index (χ4n) is 1.40. The number of ether oxygens (including phenoxy) is 3. The van der Waals surface area contributed by atoms with Crippen LogP contribution in [0.5, 0.6) is 17.2 Å². The minimum Gasteiger partial charge on any atom is -0.493 e. The van der Waals surface area contributed by atoms with E-state index in [-0.39, 0.29) is 5.56 Å². The van der Waals surface area contributed by atoms with Crippen LogP contribution in [0.4, 0.5) is 0 Å². The molecule has 6 heteroatoms. The molecule has 1 aromatic carbocycles. The summed E-state index contributed by atoms with van der Waals surface area (Å²) < 4.78 is 15.2. The predicted octanol–water partition coefficient (Wildman–Crippen LogP) is 0.830. The molecule has 0 aliphatic rings. The average Bonchev–Trinajstić information content (AvgIpc) is 2.35. The zero-order valence-electron chi connectivity index (χ0n) is 9.76. The standard InChI is InChI=1S/C11H14O6/c1-15-7-4-6(9(12)11(13)14)5-8(16-2)10(7)17-3/h4-5,9,12H,1-3H3,(H,13,14)/t9-/m1/s1. The molecule has 0 aliphatic heterocycles. The third-order valence-corrected chi connectivity index (χ3v) is 2.24. The number of aliphatic hydroxyl groups is 1. The van der Waals surface area contributed by atoms with Gasteiger partial charge < -0.3 is 24.4 Å². The first-order chi connectivity index (χ1) is 8.04. The summed E-state index contributed by atoms with van der Waals surface area (Å²) in [4.78, 5) is 10.7. The van der Waals surface area contributed by atoms with E-state index in [1.54, 1.807) is 0 Å². The molecule has 1 aromatic rings. The first-order valence-electron chi connectivity index (χ1n) is 4.76. The number of rotatable bonds is 5. The number of hydrogen-bond donors (Lipinski definition) is 2. The molecule has 2 N–H and O–H groups in total. The summed E-state index contributed by atoms with van der Waals surface area (Å²) in [6.07, 6.45) is -1.64. The van der Waals surface area contributed by atoms with Gasteiger partial charge in [-0.1, -0.05) is 0 Å². The summed E-state index contributed by atoms with van der Waals surface area (Å²) in [7, 11) is 4.26. The second-order valence-corrected chi connectivity index (χ2v) is 3.20. The van der Waals surface area contributed by atoms with Crippen LogP contribution in [-0.2, 0) is 4.79 Å². The Labute approximate surface area is 98.3 Å². The summed E-state index contributed by atoms with van der Waals surface area (Å²) in [5.41, 5.74) is 0.159. The van der Waals surface area contributed by atoms with Gasteiger partial charge in [-0.05, 0) is 17.7 Å². The molecule has 6 nitrogen and oxygen atoms in total. The average molecular weight is 242 g/mol. The molecule has 0 fully saturated rings. The molecule has 0 saturated heterocycles. The highest BCUT2D eigenvalue weighted by Gasteiger charge is 2.21. The quantitative estimate of drug-likeness (QED) is 0.795. The van der Waals surface area contributed by atoms with Crippen LogP contribution in [0, 0.1) is 0 Å². The van der Waals surface area contributed by atoms with Crippen LogP contribution in [0.1, 0.15) is 11.7 Å². The smallest absolute Gasteiger partial charge is 0.337 e. The number of aliphatic hydroxyl groups excluding tert-OH is 1. The van der Waals surface area contributed by atoms with Gasteiger partial charge in [0.2, 0.25) is 5.75 Å². The highest BCUT2D eigenvalue weighted by atomic mass is 16.5. The Hall–Kier alpha value is -1.95. The van der Waals surface area contributed by atoms with Crippen molar-refractivity contribution in [1.82, 2.24) is 0 Å². The number of carboxylic acid groups (broad SMARTS) is 1. The molecule has 0 aromatic heterocycles. The number of methoxy groups -OCH3 is 3. The van der Waals surface area contributed by atoms with Gasteiger partial charge in [0.1, 0.15) is 0 Å². The lowest BCUT2D eigenvalue weighted by atomic mass is 10.1. The van der Waals surface area contributed by atoms with E-state index in [2.05, 4.69) is 0 Å². The van der Waals surface area contributed by atoms with Gasteiger partial charge in [0.15, 0.2) is 17.6 Å². The molecule has 0 amide bonds. The van der Waals surface area contributed by atoms with E-state index in [9.17, 15) is 9.90 Å². The van der Waals surface area contributed by atoms with E-state index in [1.165, 1.54) is 33.5 Å². The summed E-state index contributed by atoms with van der Waals surface area (Å²) in [6.45, 7) is 0. The number of aliphatic carboxylic acids is 1. The Bertz CT molecular complexity index is 389. The van der Waals surface area contributed by atoms with Crippen molar-refractivity contribution in [2.75, 3.05) is 21.3 Å². The maximum Gasteiger partial charge on any atom is 0.337 e. The first-order valence-corrected chi connectivity index (χ1v) is 4.76. The first kappa shape index (κ1) is 13.1. The lowest BCUT2D eigenvalue weighted by Crippen LogP contribution is -2.11. The van der Waals surface area contributed by atoms with Gasteiger partial charge in [-0.25, -0.2) is 4.79 Å². The Morgan fingerprint density at radius 2 is 1.59 bits per heavy atom. The number of carbonyl (C=O) groups is 1. The van der Waals surface area contributed by atoms with Gasteiger partial charge in [0.05, 0.1) is 21.3 Å². The SMILES string of the molecule is COc1cc([C@@H](O)C(=O)O)cc(OC)c1OC. The van der Waals surface area contributed by atoms with Crippen LogP contribution in [-0.4, -0.2) is 37.5 Å². The summed E-state index contributed by atoms with van der Waals surface area (Å²) >= 11 is 0. The van der Waals surface area contributed by atoms with E-state index < -0.39 is 12.1 Å². The maximum absolute atomic E-state index is 10.7. The van der Waals surface area contributed by atoms with Crippen molar-refractivity contribution >= 4 is 5.97 Å². The summed E-state index contributed by atoms with van der Waals surface area (Å²) in [5.74, 6) is -0.417. The second-order valence-electron chi connectivity index (χ2n) is 3.20. The van der Waals surface area contributed by atoms with Crippen molar-refractivity contribution in [2.24, 2.45) is 0 Å². The van der Waals surface area contributed by atoms with Crippen molar-refractivity contribution < 1.29 is 29.2 Å².